The quantitative estimate of drug-likeness (QED) is 0.638. The summed E-state index contributed by atoms with van der Waals surface area (Å²) in [7, 11) is 0. The molecule has 0 fully saturated rings. The van der Waals surface area contributed by atoms with E-state index in [1.54, 1.807) is 30.3 Å². The van der Waals surface area contributed by atoms with Gasteiger partial charge in [-0.2, -0.15) is 0 Å². The van der Waals surface area contributed by atoms with Crippen LogP contribution in [0.5, 0.6) is 0 Å². The van der Waals surface area contributed by atoms with Crippen LogP contribution >= 0.6 is 11.3 Å². The normalized spacial score (nSPS) is 15.7. The molecular weight excluding hydrogens is 352 g/mol. The number of carbonyl (C=O) groups excluding carboxylic acids is 3. The topological polar surface area (TPSA) is 84.5 Å². The Bertz CT molecular complexity index is 816. The second-order valence-corrected chi connectivity index (χ2v) is 7.49. The highest BCUT2D eigenvalue weighted by molar-refractivity contribution is 7.14. The lowest BCUT2D eigenvalue weighted by atomic mass is 9.90. The van der Waals surface area contributed by atoms with Crippen LogP contribution in [0.2, 0.25) is 0 Å². The molecular formula is C19H20N2O4S. The fraction of sp³-hybridized carbons (Fsp3) is 0.316. The van der Waals surface area contributed by atoms with Crippen molar-refractivity contribution in [1.29, 1.82) is 0 Å². The number of thiophene rings is 1. The summed E-state index contributed by atoms with van der Waals surface area (Å²) in [6.45, 7) is 1.75. The molecule has 7 heteroatoms. The van der Waals surface area contributed by atoms with Gasteiger partial charge in [-0.3, -0.25) is 20.4 Å². The molecule has 1 aromatic heterocycles. The maximum Gasteiger partial charge on any atom is 0.348 e. The van der Waals surface area contributed by atoms with E-state index in [2.05, 4.69) is 17.8 Å². The van der Waals surface area contributed by atoms with Gasteiger partial charge in [0.05, 0.1) is 0 Å². The highest BCUT2D eigenvalue weighted by atomic mass is 32.1. The molecule has 0 bridgehead atoms. The van der Waals surface area contributed by atoms with Crippen LogP contribution in [0.15, 0.2) is 36.4 Å². The summed E-state index contributed by atoms with van der Waals surface area (Å²) in [6.07, 6.45) is 3.09. The van der Waals surface area contributed by atoms with Crippen LogP contribution in [0.1, 0.15) is 43.8 Å². The number of amides is 2. The number of hydrogen-bond donors (Lipinski definition) is 2. The van der Waals surface area contributed by atoms with Gasteiger partial charge in [0, 0.05) is 10.4 Å². The Hall–Kier alpha value is -2.67. The van der Waals surface area contributed by atoms with Crippen LogP contribution < -0.4 is 10.9 Å². The number of hydrazine groups is 1. The molecule has 0 saturated carbocycles. The number of benzene rings is 1. The van der Waals surface area contributed by atoms with Crippen LogP contribution in [0.4, 0.5) is 0 Å². The van der Waals surface area contributed by atoms with Crippen LogP contribution in [0.25, 0.3) is 0 Å². The van der Waals surface area contributed by atoms with Gasteiger partial charge < -0.3 is 4.74 Å². The summed E-state index contributed by atoms with van der Waals surface area (Å²) in [6, 6.07) is 10.4. The Kier molecular flexibility index (Phi) is 5.68. The van der Waals surface area contributed by atoms with Gasteiger partial charge in [-0.25, -0.2) is 4.79 Å². The molecule has 26 heavy (non-hydrogen) atoms. The predicted octanol–water partition coefficient (Wildman–Crippen LogP) is 2.49. The van der Waals surface area contributed by atoms with Gasteiger partial charge in [-0.1, -0.05) is 25.1 Å². The van der Waals surface area contributed by atoms with Gasteiger partial charge in [-0.05, 0) is 48.9 Å². The second-order valence-electron chi connectivity index (χ2n) is 6.35. The van der Waals surface area contributed by atoms with Crippen molar-refractivity contribution in [2.75, 3.05) is 6.61 Å². The lowest BCUT2D eigenvalue weighted by Gasteiger charge is -2.16. The van der Waals surface area contributed by atoms with Gasteiger partial charge in [0.25, 0.3) is 11.8 Å². The maximum absolute atomic E-state index is 12.1. The Morgan fingerprint density at radius 1 is 1.19 bits per heavy atom. The molecule has 2 N–H and O–H groups in total. The highest BCUT2D eigenvalue weighted by Crippen LogP contribution is 2.32. The van der Waals surface area contributed by atoms with Gasteiger partial charge >= 0.3 is 5.97 Å². The third-order valence-corrected chi connectivity index (χ3v) is 5.43. The summed E-state index contributed by atoms with van der Waals surface area (Å²) in [5.41, 5.74) is 6.14. The van der Waals surface area contributed by atoms with E-state index in [1.165, 1.54) is 21.8 Å². The van der Waals surface area contributed by atoms with E-state index in [0.29, 0.717) is 16.4 Å². The van der Waals surface area contributed by atoms with Crippen molar-refractivity contribution in [3.8, 4) is 0 Å². The van der Waals surface area contributed by atoms with Gasteiger partial charge in [0.2, 0.25) is 0 Å². The zero-order valence-corrected chi connectivity index (χ0v) is 15.2. The van der Waals surface area contributed by atoms with E-state index in [0.717, 1.165) is 19.3 Å². The van der Waals surface area contributed by atoms with E-state index >= 15 is 0 Å². The molecule has 0 saturated heterocycles. The minimum absolute atomic E-state index is 0.420. The van der Waals surface area contributed by atoms with Crippen molar-refractivity contribution in [2.24, 2.45) is 5.92 Å². The molecule has 1 atom stereocenters. The smallest absolute Gasteiger partial charge is 0.348 e. The molecule has 136 valence electrons. The zero-order valence-electron chi connectivity index (χ0n) is 14.4. The fourth-order valence-corrected chi connectivity index (χ4v) is 3.94. The number of rotatable bonds is 4. The monoisotopic (exact) mass is 372 g/mol. The number of ether oxygens (including phenoxy) is 1. The number of hydrogen-bond acceptors (Lipinski definition) is 5. The second kappa shape index (κ2) is 8.14. The van der Waals surface area contributed by atoms with Gasteiger partial charge in [-0.15, -0.1) is 11.3 Å². The predicted molar refractivity (Wildman–Crippen MR) is 97.8 cm³/mol. The average molecular weight is 372 g/mol. The number of fused-ring (bicyclic) bond motifs is 1. The van der Waals surface area contributed by atoms with E-state index < -0.39 is 24.4 Å². The number of esters is 1. The van der Waals surface area contributed by atoms with E-state index in [9.17, 15) is 14.4 Å². The van der Waals surface area contributed by atoms with Crippen molar-refractivity contribution in [3.05, 3.63) is 57.3 Å². The first-order valence-electron chi connectivity index (χ1n) is 8.46. The minimum atomic E-state index is -0.599. The van der Waals surface area contributed by atoms with Crippen molar-refractivity contribution in [3.63, 3.8) is 0 Å². The van der Waals surface area contributed by atoms with Crippen LogP contribution in [-0.2, 0) is 22.4 Å². The van der Waals surface area contributed by atoms with Crippen molar-refractivity contribution in [2.45, 2.75) is 26.2 Å². The Balaban J connectivity index is 1.46. The average Bonchev–Trinajstić information content (AvgIpc) is 3.08. The molecule has 0 unspecified atom stereocenters. The summed E-state index contributed by atoms with van der Waals surface area (Å²) >= 11 is 1.44. The van der Waals surface area contributed by atoms with Crippen LogP contribution in [-0.4, -0.2) is 24.4 Å². The van der Waals surface area contributed by atoms with Crippen LogP contribution in [0, 0.1) is 5.92 Å². The van der Waals surface area contributed by atoms with Crippen molar-refractivity contribution < 1.29 is 19.1 Å². The Labute approximate surface area is 155 Å². The molecule has 1 aromatic carbocycles. The first-order valence-corrected chi connectivity index (χ1v) is 9.27. The Morgan fingerprint density at radius 2 is 1.96 bits per heavy atom. The lowest BCUT2D eigenvalue weighted by molar-refractivity contribution is -0.125. The standard InChI is InChI=1S/C19H20N2O4S/c1-12-7-8-15-14(9-12)10-16(26-15)19(24)25-11-17(22)20-21-18(23)13-5-3-2-4-6-13/h2-6,10,12H,7-9,11H2,1H3,(H,20,22)(H,21,23)/t12-/m1/s1. The van der Waals surface area contributed by atoms with Crippen molar-refractivity contribution in [1.82, 2.24) is 10.9 Å². The molecule has 1 aliphatic rings. The summed E-state index contributed by atoms with van der Waals surface area (Å²) in [5, 5.41) is 0. The zero-order chi connectivity index (χ0) is 18.5. The summed E-state index contributed by atoms with van der Waals surface area (Å²) in [4.78, 5) is 37.4. The maximum atomic E-state index is 12.1. The molecule has 1 aliphatic carbocycles. The van der Waals surface area contributed by atoms with Crippen molar-refractivity contribution >= 4 is 29.1 Å². The molecule has 0 radical (unpaired) electrons. The molecule has 3 rings (SSSR count). The van der Waals surface area contributed by atoms with Crippen LogP contribution in [0.3, 0.4) is 0 Å². The molecule has 2 amide bonds. The van der Waals surface area contributed by atoms with Gasteiger partial charge in [0.15, 0.2) is 6.61 Å². The van der Waals surface area contributed by atoms with E-state index in [4.69, 9.17) is 4.74 Å². The molecule has 2 aromatic rings. The molecule has 1 heterocycles. The highest BCUT2D eigenvalue weighted by Gasteiger charge is 2.21. The number of nitrogens with one attached hydrogen (secondary N) is 2. The summed E-state index contributed by atoms with van der Waals surface area (Å²) < 4.78 is 5.04. The third-order valence-electron chi connectivity index (χ3n) is 4.22. The number of carbonyl (C=O) groups is 3. The SMILES string of the molecule is C[C@@H]1CCc2sc(C(=O)OCC(=O)NNC(=O)c3ccccc3)cc2C1. The fourth-order valence-electron chi connectivity index (χ4n) is 2.83. The first-order chi connectivity index (χ1) is 12.5. The lowest BCUT2D eigenvalue weighted by Crippen LogP contribution is -2.43. The largest absolute Gasteiger partial charge is 0.451 e. The minimum Gasteiger partial charge on any atom is -0.451 e. The molecule has 0 aliphatic heterocycles. The third kappa shape index (κ3) is 4.49. The van der Waals surface area contributed by atoms with Gasteiger partial charge in [0.1, 0.15) is 4.88 Å². The molecule has 0 spiro atoms. The first kappa shape index (κ1) is 18.1. The molecule has 6 nitrogen and oxygen atoms in total. The number of aryl methyl sites for hydroxylation is 1. The van der Waals surface area contributed by atoms with E-state index in [-0.39, 0.29) is 0 Å². The van der Waals surface area contributed by atoms with E-state index in [1.807, 2.05) is 6.07 Å². The summed E-state index contributed by atoms with van der Waals surface area (Å²) in [5.74, 6) is -0.926. The Morgan fingerprint density at radius 3 is 2.73 bits per heavy atom.